The van der Waals surface area contributed by atoms with Gasteiger partial charge in [-0.1, -0.05) is 30.3 Å². The van der Waals surface area contributed by atoms with Crippen molar-refractivity contribution < 1.29 is 4.79 Å². The fourth-order valence-corrected chi connectivity index (χ4v) is 3.10. The lowest BCUT2D eigenvalue weighted by Crippen LogP contribution is -2.33. The van der Waals surface area contributed by atoms with E-state index >= 15 is 0 Å². The lowest BCUT2D eigenvalue weighted by Gasteiger charge is -2.23. The smallest absolute Gasteiger partial charge is 0.223 e. The predicted octanol–water partition coefficient (Wildman–Crippen LogP) is 1.69. The van der Waals surface area contributed by atoms with Gasteiger partial charge in [-0.15, -0.1) is 0 Å². The normalized spacial score (nSPS) is 24.8. The Kier molecular flexibility index (Phi) is 3.08. The number of benzene rings is 1. The highest BCUT2D eigenvalue weighted by molar-refractivity contribution is 5.82. The molecule has 1 aliphatic heterocycles. The van der Waals surface area contributed by atoms with Crippen LogP contribution in [0.25, 0.3) is 0 Å². The molecule has 1 aromatic carbocycles. The SMILES string of the molecule is O=C(NCc1ccccc1)C1CC12CCNCC2. The van der Waals surface area contributed by atoms with E-state index in [1.807, 2.05) is 30.3 Å². The Morgan fingerprint density at radius 2 is 2.00 bits per heavy atom. The fraction of sp³-hybridized carbons (Fsp3) is 0.533. The largest absolute Gasteiger partial charge is 0.352 e. The fourth-order valence-electron chi connectivity index (χ4n) is 3.10. The van der Waals surface area contributed by atoms with Crippen molar-refractivity contribution in [3.63, 3.8) is 0 Å². The molecule has 1 heterocycles. The molecule has 0 bridgehead atoms. The van der Waals surface area contributed by atoms with Crippen LogP contribution in [0.4, 0.5) is 0 Å². The summed E-state index contributed by atoms with van der Waals surface area (Å²) in [6.45, 7) is 2.80. The molecule has 1 aliphatic carbocycles. The number of amides is 1. The van der Waals surface area contributed by atoms with Crippen LogP contribution in [0, 0.1) is 11.3 Å². The lowest BCUT2D eigenvalue weighted by molar-refractivity contribution is -0.123. The van der Waals surface area contributed by atoms with Gasteiger partial charge in [-0.3, -0.25) is 4.79 Å². The average molecular weight is 244 g/mol. The first-order chi connectivity index (χ1) is 8.80. The summed E-state index contributed by atoms with van der Waals surface area (Å²) in [6, 6.07) is 10.1. The second kappa shape index (κ2) is 4.73. The van der Waals surface area contributed by atoms with Gasteiger partial charge in [0.15, 0.2) is 0 Å². The number of nitrogens with one attached hydrogen (secondary N) is 2. The quantitative estimate of drug-likeness (QED) is 0.849. The van der Waals surface area contributed by atoms with Crippen molar-refractivity contribution in [2.45, 2.75) is 25.8 Å². The second-order valence-corrected chi connectivity index (χ2v) is 5.57. The molecule has 1 amide bonds. The molecule has 0 aromatic heterocycles. The van der Waals surface area contributed by atoms with E-state index in [1.165, 1.54) is 5.56 Å². The van der Waals surface area contributed by atoms with Crippen LogP contribution in [0.2, 0.25) is 0 Å². The van der Waals surface area contributed by atoms with Gasteiger partial charge in [0.05, 0.1) is 0 Å². The second-order valence-electron chi connectivity index (χ2n) is 5.57. The zero-order valence-corrected chi connectivity index (χ0v) is 10.6. The van der Waals surface area contributed by atoms with Gasteiger partial charge in [-0.05, 0) is 43.3 Å². The summed E-state index contributed by atoms with van der Waals surface area (Å²) in [6.07, 6.45) is 3.42. The van der Waals surface area contributed by atoms with Crippen molar-refractivity contribution in [1.29, 1.82) is 0 Å². The molecule has 3 nitrogen and oxygen atoms in total. The predicted molar refractivity (Wildman–Crippen MR) is 70.9 cm³/mol. The molecule has 96 valence electrons. The molecule has 18 heavy (non-hydrogen) atoms. The van der Waals surface area contributed by atoms with Gasteiger partial charge >= 0.3 is 0 Å². The summed E-state index contributed by atoms with van der Waals surface area (Å²) < 4.78 is 0. The summed E-state index contributed by atoms with van der Waals surface area (Å²) in [5.41, 5.74) is 1.51. The molecule has 1 saturated carbocycles. The number of piperidine rings is 1. The Bertz CT molecular complexity index is 423. The Balaban J connectivity index is 1.51. The molecule has 2 N–H and O–H groups in total. The minimum absolute atomic E-state index is 0.251. The van der Waals surface area contributed by atoms with Crippen molar-refractivity contribution in [2.24, 2.45) is 11.3 Å². The summed E-state index contributed by atoms with van der Waals surface area (Å²) in [4.78, 5) is 12.1. The van der Waals surface area contributed by atoms with Gasteiger partial charge in [-0.25, -0.2) is 0 Å². The third-order valence-corrected chi connectivity index (χ3v) is 4.42. The topological polar surface area (TPSA) is 41.1 Å². The third kappa shape index (κ3) is 2.27. The molecule has 2 aliphatic rings. The number of hydrogen-bond donors (Lipinski definition) is 2. The monoisotopic (exact) mass is 244 g/mol. The van der Waals surface area contributed by atoms with Crippen LogP contribution in [0.15, 0.2) is 30.3 Å². The van der Waals surface area contributed by atoms with E-state index in [-0.39, 0.29) is 11.8 Å². The van der Waals surface area contributed by atoms with Crippen LogP contribution < -0.4 is 10.6 Å². The highest BCUT2D eigenvalue weighted by atomic mass is 16.2. The van der Waals surface area contributed by atoms with Crippen LogP contribution >= 0.6 is 0 Å². The number of carbonyl (C=O) groups is 1. The number of carbonyl (C=O) groups excluding carboxylic acids is 1. The van der Waals surface area contributed by atoms with Crippen molar-refractivity contribution in [2.75, 3.05) is 13.1 Å². The van der Waals surface area contributed by atoms with Gasteiger partial charge in [0.1, 0.15) is 0 Å². The summed E-state index contributed by atoms with van der Waals surface area (Å²) in [5.74, 6) is 0.518. The first-order valence-electron chi connectivity index (χ1n) is 6.83. The highest BCUT2D eigenvalue weighted by Gasteiger charge is 2.57. The lowest BCUT2D eigenvalue weighted by atomic mass is 9.92. The molecule has 2 fully saturated rings. The van der Waals surface area contributed by atoms with Crippen LogP contribution in [-0.4, -0.2) is 19.0 Å². The minimum Gasteiger partial charge on any atom is -0.352 e. The van der Waals surface area contributed by atoms with Crippen molar-refractivity contribution in [1.82, 2.24) is 10.6 Å². The molecule has 1 unspecified atom stereocenters. The standard InChI is InChI=1S/C15H20N2O/c18-14(17-11-12-4-2-1-3-5-12)13-10-15(13)6-8-16-9-7-15/h1-5,13,16H,6-11H2,(H,17,18). The average Bonchev–Trinajstić information content (AvgIpc) is 3.12. The molecular formula is C15H20N2O. The van der Waals surface area contributed by atoms with Gasteiger partial charge < -0.3 is 10.6 Å². The zero-order chi connectivity index (χ0) is 12.4. The summed E-state index contributed by atoms with van der Waals surface area (Å²) >= 11 is 0. The van der Waals surface area contributed by atoms with E-state index in [4.69, 9.17) is 0 Å². The van der Waals surface area contributed by atoms with Crippen molar-refractivity contribution >= 4 is 5.91 Å². The third-order valence-electron chi connectivity index (χ3n) is 4.42. The van der Waals surface area contributed by atoms with Crippen molar-refractivity contribution in [3.05, 3.63) is 35.9 Å². The maximum Gasteiger partial charge on any atom is 0.223 e. The first-order valence-corrected chi connectivity index (χ1v) is 6.83. The molecule has 1 saturated heterocycles. The first kappa shape index (κ1) is 11.7. The zero-order valence-electron chi connectivity index (χ0n) is 10.6. The van der Waals surface area contributed by atoms with Gasteiger partial charge in [0.25, 0.3) is 0 Å². The maximum absolute atomic E-state index is 12.1. The van der Waals surface area contributed by atoms with Crippen LogP contribution in [-0.2, 0) is 11.3 Å². The number of hydrogen-bond acceptors (Lipinski definition) is 2. The van der Waals surface area contributed by atoms with Crippen LogP contribution in [0.1, 0.15) is 24.8 Å². The Morgan fingerprint density at radius 3 is 2.72 bits per heavy atom. The van der Waals surface area contributed by atoms with Gasteiger partial charge in [0.2, 0.25) is 5.91 Å². The molecule has 1 aromatic rings. The van der Waals surface area contributed by atoms with Gasteiger partial charge in [0, 0.05) is 12.5 Å². The van der Waals surface area contributed by atoms with Crippen LogP contribution in [0.3, 0.4) is 0 Å². The molecule has 0 radical (unpaired) electrons. The number of rotatable bonds is 3. The Morgan fingerprint density at radius 1 is 1.28 bits per heavy atom. The van der Waals surface area contributed by atoms with E-state index in [1.54, 1.807) is 0 Å². The minimum atomic E-state index is 0.251. The summed E-state index contributed by atoms with van der Waals surface area (Å²) in [7, 11) is 0. The molecule has 1 atom stereocenters. The van der Waals surface area contributed by atoms with E-state index in [9.17, 15) is 4.79 Å². The molecular weight excluding hydrogens is 224 g/mol. The Labute approximate surface area is 108 Å². The highest BCUT2D eigenvalue weighted by Crippen LogP contribution is 2.58. The van der Waals surface area contributed by atoms with E-state index in [2.05, 4.69) is 10.6 Å². The van der Waals surface area contributed by atoms with Crippen LogP contribution in [0.5, 0.6) is 0 Å². The van der Waals surface area contributed by atoms with E-state index in [0.29, 0.717) is 12.0 Å². The van der Waals surface area contributed by atoms with E-state index < -0.39 is 0 Å². The Hall–Kier alpha value is -1.35. The van der Waals surface area contributed by atoms with Crippen molar-refractivity contribution in [3.8, 4) is 0 Å². The van der Waals surface area contributed by atoms with Gasteiger partial charge in [-0.2, -0.15) is 0 Å². The maximum atomic E-state index is 12.1. The molecule has 3 heteroatoms. The molecule has 1 spiro atoms. The summed E-state index contributed by atoms with van der Waals surface area (Å²) in [5, 5.41) is 6.44. The van der Waals surface area contributed by atoms with E-state index in [0.717, 1.165) is 32.4 Å². The molecule has 3 rings (SSSR count).